The highest BCUT2D eigenvalue weighted by atomic mass is 79.9. The molecule has 0 spiro atoms. The third-order valence-corrected chi connectivity index (χ3v) is 3.11. The van der Waals surface area contributed by atoms with Crippen LogP contribution in [0.25, 0.3) is 0 Å². The zero-order valence-corrected chi connectivity index (χ0v) is 9.46. The normalized spacial score (nSPS) is 24.0. The van der Waals surface area contributed by atoms with Crippen molar-refractivity contribution in [2.75, 3.05) is 13.1 Å². The summed E-state index contributed by atoms with van der Waals surface area (Å²) in [7, 11) is 0. The maximum Gasteiger partial charge on any atom is 0.169 e. The number of rotatable bonds is 3. The van der Waals surface area contributed by atoms with E-state index >= 15 is 0 Å². The molecule has 14 heavy (non-hydrogen) atoms. The van der Waals surface area contributed by atoms with Gasteiger partial charge in [-0.05, 0) is 46.9 Å². The molecule has 0 aromatic carbocycles. The first-order valence-electron chi connectivity index (χ1n) is 4.88. The third kappa shape index (κ3) is 2.38. The Morgan fingerprint density at radius 3 is 3.07 bits per heavy atom. The van der Waals surface area contributed by atoms with E-state index in [4.69, 9.17) is 4.42 Å². The van der Waals surface area contributed by atoms with Crippen LogP contribution in [0.15, 0.2) is 21.2 Å². The number of aliphatic hydroxyl groups excluding tert-OH is 1. The Bertz CT molecular complexity index is 294. The minimum Gasteiger partial charge on any atom is -0.454 e. The van der Waals surface area contributed by atoms with E-state index in [1.54, 1.807) is 0 Å². The average Bonchev–Trinajstić information content (AvgIpc) is 2.75. The van der Waals surface area contributed by atoms with Crippen LogP contribution in [0.2, 0.25) is 0 Å². The summed E-state index contributed by atoms with van der Waals surface area (Å²) < 4.78 is 6.08. The number of hydrogen-bond acceptors (Lipinski definition) is 3. The standard InChI is InChI=1S/C10H14BrNO2/c11-10-2-1-8(14-10)5-9(13)7-3-4-12-6-7/h1-2,7,9,12-13H,3-6H2/t7-,9?/m1/s1. The van der Waals surface area contributed by atoms with Gasteiger partial charge in [0.2, 0.25) is 0 Å². The van der Waals surface area contributed by atoms with E-state index in [2.05, 4.69) is 21.2 Å². The molecule has 0 aliphatic carbocycles. The van der Waals surface area contributed by atoms with Gasteiger partial charge in [0.15, 0.2) is 4.67 Å². The van der Waals surface area contributed by atoms with Crippen molar-refractivity contribution in [2.24, 2.45) is 5.92 Å². The Labute approximate surface area is 91.6 Å². The lowest BCUT2D eigenvalue weighted by Gasteiger charge is -2.15. The van der Waals surface area contributed by atoms with Gasteiger partial charge in [-0.15, -0.1) is 0 Å². The number of furan rings is 1. The highest BCUT2D eigenvalue weighted by Gasteiger charge is 2.23. The van der Waals surface area contributed by atoms with Crippen molar-refractivity contribution in [3.05, 3.63) is 22.6 Å². The lowest BCUT2D eigenvalue weighted by molar-refractivity contribution is 0.111. The van der Waals surface area contributed by atoms with Crippen LogP contribution in [-0.4, -0.2) is 24.3 Å². The first kappa shape index (κ1) is 10.2. The van der Waals surface area contributed by atoms with Crippen molar-refractivity contribution in [2.45, 2.75) is 18.9 Å². The molecule has 1 aromatic heterocycles. The zero-order chi connectivity index (χ0) is 9.97. The molecular weight excluding hydrogens is 246 g/mol. The van der Waals surface area contributed by atoms with Crippen molar-refractivity contribution in [1.29, 1.82) is 0 Å². The lowest BCUT2D eigenvalue weighted by atomic mass is 9.98. The fourth-order valence-corrected chi connectivity index (χ4v) is 2.18. The average molecular weight is 260 g/mol. The molecular formula is C10H14BrNO2. The van der Waals surface area contributed by atoms with E-state index in [9.17, 15) is 5.11 Å². The molecule has 2 heterocycles. The van der Waals surface area contributed by atoms with Crippen LogP contribution in [0.5, 0.6) is 0 Å². The SMILES string of the molecule is OC(Cc1ccc(Br)o1)[C@@H]1CCNC1. The van der Waals surface area contributed by atoms with Crippen molar-refractivity contribution < 1.29 is 9.52 Å². The summed E-state index contributed by atoms with van der Waals surface area (Å²) in [5, 5.41) is 13.1. The minimum atomic E-state index is -0.289. The van der Waals surface area contributed by atoms with Crippen LogP contribution in [0.1, 0.15) is 12.2 Å². The molecule has 0 bridgehead atoms. The quantitative estimate of drug-likeness (QED) is 0.866. The first-order valence-corrected chi connectivity index (χ1v) is 5.68. The van der Waals surface area contributed by atoms with Crippen molar-refractivity contribution >= 4 is 15.9 Å². The van der Waals surface area contributed by atoms with Gasteiger partial charge in [-0.25, -0.2) is 0 Å². The van der Waals surface area contributed by atoms with Gasteiger partial charge in [0.1, 0.15) is 5.76 Å². The van der Waals surface area contributed by atoms with E-state index in [1.165, 1.54) is 0 Å². The summed E-state index contributed by atoms with van der Waals surface area (Å²) in [6.45, 7) is 1.94. The molecule has 2 rings (SSSR count). The Morgan fingerprint density at radius 1 is 1.64 bits per heavy atom. The highest BCUT2D eigenvalue weighted by molar-refractivity contribution is 9.10. The van der Waals surface area contributed by atoms with Gasteiger partial charge in [-0.3, -0.25) is 0 Å². The fourth-order valence-electron chi connectivity index (χ4n) is 1.84. The van der Waals surface area contributed by atoms with E-state index < -0.39 is 0 Å². The van der Waals surface area contributed by atoms with Gasteiger partial charge in [0, 0.05) is 13.0 Å². The topological polar surface area (TPSA) is 45.4 Å². The van der Waals surface area contributed by atoms with Crippen molar-refractivity contribution in [3.8, 4) is 0 Å². The summed E-state index contributed by atoms with van der Waals surface area (Å²) in [5.74, 6) is 1.22. The van der Waals surface area contributed by atoms with Crippen molar-refractivity contribution in [3.63, 3.8) is 0 Å². The van der Waals surface area contributed by atoms with Crippen LogP contribution in [0, 0.1) is 5.92 Å². The smallest absolute Gasteiger partial charge is 0.169 e. The lowest BCUT2D eigenvalue weighted by Crippen LogP contribution is -2.24. The molecule has 1 aromatic rings. The summed E-state index contributed by atoms with van der Waals surface area (Å²) in [4.78, 5) is 0. The molecule has 78 valence electrons. The number of aliphatic hydroxyl groups is 1. The van der Waals surface area contributed by atoms with Gasteiger partial charge < -0.3 is 14.8 Å². The molecule has 4 heteroatoms. The highest BCUT2D eigenvalue weighted by Crippen LogP contribution is 2.20. The third-order valence-electron chi connectivity index (χ3n) is 2.68. The summed E-state index contributed by atoms with van der Waals surface area (Å²) in [6, 6.07) is 3.75. The second-order valence-corrected chi connectivity index (χ2v) is 4.51. The number of hydrogen-bond donors (Lipinski definition) is 2. The summed E-state index contributed by atoms with van der Waals surface area (Å²) in [6.07, 6.45) is 1.38. The number of halogens is 1. The van der Waals surface area contributed by atoms with E-state index in [-0.39, 0.29) is 6.10 Å². The largest absolute Gasteiger partial charge is 0.454 e. The maximum atomic E-state index is 9.90. The fraction of sp³-hybridized carbons (Fsp3) is 0.600. The van der Waals surface area contributed by atoms with Gasteiger partial charge >= 0.3 is 0 Å². The van der Waals surface area contributed by atoms with Gasteiger partial charge in [0.25, 0.3) is 0 Å². The molecule has 1 aliphatic heterocycles. The Hall–Kier alpha value is -0.320. The maximum absolute atomic E-state index is 9.90. The van der Waals surface area contributed by atoms with Crippen LogP contribution < -0.4 is 5.32 Å². The molecule has 1 saturated heterocycles. The van der Waals surface area contributed by atoms with Crippen molar-refractivity contribution in [1.82, 2.24) is 5.32 Å². The molecule has 3 nitrogen and oxygen atoms in total. The molecule has 2 N–H and O–H groups in total. The monoisotopic (exact) mass is 259 g/mol. The molecule has 0 amide bonds. The first-order chi connectivity index (χ1) is 6.75. The second-order valence-electron chi connectivity index (χ2n) is 3.73. The van der Waals surface area contributed by atoms with Crippen LogP contribution in [-0.2, 0) is 6.42 Å². The van der Waals surface area contributed by atoms with E-state index in [1.807, 2.05) is 12.1 Å². The zero-order valence-electron chi connectivity index (χ0n) is 7.87. The molecule has 2 atom stereocenters. The van der Waals surface area contributed by atoms with Crippen LogP contribution in [0.4, 0.5) is 0 Å². The van der Waals surface area contributed by atoms with E-state index in [0.717, 1.165) is 29.9 Å². The summed E-state index contributed by atoms with van der Waals surface area (Å²) >= 11 is 3.24. The minimum absolute atomic E-state index is 0.289. The van der Waals surface area contributed by atoms with Crippen LogP contribution >= 0.6 is 15.9 Å². The predicted molar refractivity (Wildman–Crippen MR) is 57.1 cm³/mol. The second kappa shape index (κ2) is 4.47. The Morgan fingerprint density at radius 2 is 2.50 bits per heavy atom. The van der Waals surface area contributed by atoms with E-state index in [0.29, 0.717) is 12.3 Å². The Balaban J connectivity index is 1.90. The van der Waals surface area contributed by atoms with Gasteiger partial charge in [0.05, 0.1) is 6.10 Å². The Kier molecular flexibility index (Phi) is 3.26. The molecule has 0 saturated carbocycles. The van der Waals surface area contributed by atoms with Gasteiger partial charge in [-0.1, -0.05) is 0 Å². The molecule has 1 aliphatic rings. The number of nitrogens with one attached hydrogen (secondary N) is 1. The predicted octanol–water partition coefficient (Wildman–Crippen LogP) is 1.55. The molecule has 0 radical (unpaired) electrons. The van der Waals surface area contributed by atoms with Gasteiger partial charge in [-0.2, -0.15) is 0 Å². The molecule has 1 fully saturated rings. The van der Waals surface area contributed by atoms with Crippen LogP contribution in [0.3, 0.4) is 0 Å². The molecule has 1 unspecified atom stereocenters. The summed E-state index contributed by atoms with van der Waals surface area (Å²) in [5.41, 5.74) is 0.